The number of nitrogens with one attached hydrogen (secondary N) is 2. The molecule has 2 N–H and O–H groups in total. The Labute approximate surface area is 120 Å². The van der Waals surface area contributed by atoms with E-state index in [9.17, 15) is 10.1 Å². The molecule has 0 bridgehead atoms. The van der Waals surface area contributed by atoms with E-state index in [0.29, 0.717) is 24.0 Å². The summed E-state index contributed by atoms with van der Waals surface area (Å²) in [5.41, 5.74) is 1.19. The van der Waals surface area contributed by atoms with E-state index in [1.165, 1.54) is 0 Å². The molecule has 20 heavy (non-hydrogen) atoms. The number of rotatable bonds is 8. The second-order valence-electron chi connectivity index (χ2n) is 5.06. The lowest BCUT2D eigenvalue weighted by atomic mass is 10.2. The van der Waals surface area contributed by atoms with Crippen molar-refractivity contribution >= 4 is 17.1 Å². The highest BCUT2D eigenvalue weighted by Gasteiger charge is 2.18. The van der Waals surface area contributed by atoms with Crippen LogP contribution in [0.2, 0.25) is 0 Å². The molecule has 0 amide bonds. The lowest BCUT2D eigenvalue weighted by Crippen LogP contribution is -2.28. The second-order valence-corrected chi connectivity index (χ2v) is 5.06. The first-order valence-corrected chi connectivity index (χ1v) is 6.86. The van der Waals surface area contributed by atoms with Gasteiger partial charge in [0.25, 0.3) is 0 Å². The van der Waals surface area contributed by atoms with Crippen molar-refractivity contribution in [2.45, 2.75) is 26.3 Å². The zero-order valence-corrected chi connectivity index (χ0v) is 12.6. The molecule has 0 unspecified atom stereocenters. The van der Waals surface area contributed by atoms with Crippen molar-refractivity contribution in [1.29, 1.82) is 0 Å². The van der Waals surface area contributed by atoms with E-state index >= 15 is 0 Å². The zero-order valence-electron chi connectivity index (χ0n) is 12.6. The van der Waals surface area contributed by atoms with Gasteiger partial charge in [-0.15, -0.1) is 0 Å². The molecular weight excluding hydrogens is 256 g/mol. The van der Waals surface area contributed by atoms with E-state index in [4.69, 9.17) is 0 Å². The van der Waals surface area contributed by atoms with Crippen LogP contribution in [0.25, 0.3) is 0 Å². The van der Waals surface area contributed by atoms with Crippen molar-refractivity contribution in [3.05, 3.63) is 28.3 Å². The number of nitro groups is 1. The Kier molecular flexibility index (Phi) is 6.24. The molecule has 1 rings (SSSR count). The quantitative estimate of drug-likeness (QED) is 0.435. The van der Waals surface area contributed by atoms with Crippen LogP contribution < -0.4 is 10.6 Å². The molecular formula is C14H24N4O2. The summed E-state index contributed by atoms with van der Waals surface area (Å²) in [6.07, 6.45) is 0.940. The number of anilines is 2. The molecule has 0 heterocycles. The minimum absolute atomic E-state index is 0.104. The van der Waals surface area contributed by atoms with Crippen LogP contribution in [0.4, 0.5) is 17.1 Å². The summed E-state index contributed by atoms with van der Waals surface area (Å²) < 4.78 is 0. The third kappa shape index (κ3) is 4.38. The fourth-order valence-electron chi connectivity index (χ4n) is 1.89. The maximum absolute atomic E-state index is 11.1. The maximum atomic E-state index is 11.1. The molecule has 0 saturated heterocycles. The van der Waals surface area contributed by atoms with Crippen molar-refractivity contribution in [3.63, 3.8) is 0 Å². The van der Waals surface area contributed by atoms with Gasteiger partial charge in [0.2, 0.25) is 0 Å². The van der Waals surface area contributed by atoms with Crippen LogP contribution in [-0.2, 0) is 0 Å². The van der Waals surface area contributed by atoms with Crippen molar-refractivity contribution in [1.82, 2.24) is 4.90 Å². The number of nitro benzene ring substituents is 1. The van der Waals surface area contributed by atoms with Crippen LogP contribution in [0.3, 0.4) is 0 Å². The number of hydrogen-bond donors (Lipinski definition) is 2. The van der Waals surface area contributed by atoms with Crippen LogP contribution in [0.1, 0.15) is 20.3 Å². The van der Waals surface area contributed by atoms with Gasteiger partial charge < -0.3 is 15.5 Å². The molecule has 0 radical (unpaired) electrons. The number of benzene rings is 1. The molecule has 0 fully saturated rings. The summed E-state index contributed by atoms with van der Waals surface area (Å²) in [5, 5.41) is 17.2. The molecule has 0 atom stereocenters. The highest BCUT2D eigenvalue weighted by atomic mass is 16.6. The highest BCUT2D eigenvalue weighted by Crippen LogP contribution is 2.32. The minimum Gasteiger partial charge on any atom is -0.382 e. The monoisotopic (exact) mass is 280 g/mol. The van der Waals surface area contributed by atoms with E-state index in [1.807, 2.05) is 0 Å². The second kappa shape index (κ2) is 7.69. The van der Waals surface area contributed by atoms with Gasteiger partial charge in [-0.2, -0.15) is 0 Å². The summed E-state index contributed by atoms with van der Waals surface area (Å²) in [6, 6.07) is 5.76. The van der Waals surface area contributed by atoms with Gasteiger partial charge in [0.05, 0.1) is 4.92 Å². The zero-order chi connectivity index (χ0) is 15.1. The Balaban J connectivity index is 2.62. The van der Waals surface area contributed by atoms with E-state index in [2.05, 4.69) is 36.4 Å². The van der Waals surface area contributed by atoms with Crippen molar-refractivity contribution in [2.24, 2.45) is 0 Å². The van der Waals surface area contributed by atoms with Gasteiger partial charge >= 0.3 is 5.69 Å². The maximum Gasteiger partial charge on any atom is 0.315 e. The standard InChI is InChI=1S/C14H24N4O2/c1-11(2)17(4)10-6-9-16-13-8-5-7-12(15-3)14(13)18(19)20/h5,7-8,11,15-16H,6,9-10H2,1-4H3. The summed E-state index contributed by atoms with van der Waals surface area (Å²) >= 11 is 0. The Bertz CT molecular complexity index is 449. The topological polar surface area (TPSA) is 70.4 Å². The normalized spacial score (nSPS) is 10.9. The van der Waals surface area contributed by atoms with Gasteiger partial charge in [-0.25, -0.2) is 0 Å². The first-order valence-electron chi connectivity index (χ1n) is 6.86. The molecule has 1 aromatic carbocycles. The summed E-state index contributed by atoms with van der Waals surface area (Å²) in [6.45, 7) is 5.97. The molecule has 0 aliphatic carbocycles. The summed E-state index contributed by atoms with van der Waals surface area (Å²) in [7, 11) is 3.76. The van der Waals surface area contributed by atoms with Gasteiger partial charge in [0.1, 0.15) is 11.4 Å². The molecule has 112 valence electrons. The fraction of sp³-hybridized carbons (Fsp3) is 0.571. The SMILES string of the molecule is CNc1cccc(NCCCN(C)C(C)C)c1[N+](=O)[O-]. The number of hydrogen-bond acceptors (Lipinski definition) is 5. The van der Waals surface area contributed by atoms with Crippen LogP contribution in [0.15, 0.2) is 18.2 Å². The Hall–Kier alpha value is -1.82. The predicted molar refractivity (Wildman–Crippen MR) is 83.5 cm³/mol. The van der Waals surface area contributed by atoms with E-state index < -0.39 is 0 Å². The largest absolute Gasteiger partial charge is 0.382 e. The molecule has 1 aromatic rings. The molecule has 0 saturated carbocycles. The minimum atomic E-state index is -0.353. The highest BCUT2D eigenvalue weighted by molar-refractivity contribution is 5.75. The number of para-hydroxylation sites is 1. The smallest absolute Gasteiger partial charge is 0.315 e. The van der Waals surface area contributed by atoms with Gasteiger partial charge in [-0.1, -0.05) is 6.07 Å². The van der Waals surface area contributed by atoms with Crippen LogP contribution in [0.5, 0.6) is 0 Å². The van der Waals surface area contributed by atoms with E-state index in [1.54, 1.807) is 25.2 Å². The Morgan fingerprint density at radius 1 is 1.35 bits per heavy atom. The van der Waals surface area contributed by atoms with Crippen molar-refractivity contribution in [3.8, 4) is 0 Å². The number of nitrogens with zero attached hydrogens (tertiary/aromatic N) is 2. The third-order valence-electron chi connectivity index (χ3n) is 3.37. The average Bonchev–Trinajstić information content (AvgIpc) is 2.42. The van der Waals surface area contributed by atoms with Crippen LogP contribution in [0, 0.1) is 10.1 Å². The Morgan fingerprint density at radius 3 is 2.55 bits per heavy atom. The van der Waals surface area contributed by atoms with Crippen molar-refractivity contribution in [2.75, 3.05) is 37.8 Å². The first-order chi connectivity index (χ1) is 9.47. The van der Waals surface area contributed by atoms with E-state index in [-0.39, 0.29) is 10.6 Å². The van der Waals surface area contributed by atoms with Gasteiger partial charge in [0, 0.05) is 19.6 Å². The predicted octanol–water partition coefficient (Wildman–Crippen LogP) is 2.78. The lowest BCUT2D eigenvalue weighted by molar-refractivity contribution is -0.383. The van der Waals surface area contributed by atoms with Crippen LogP contribution in [-0.4, -0.2) is 43.0 Å². The molecule has 0 aliphatic heterocycles. The third-order valence-corrected chi connectivity index (χ3v) is 3.37. The molecule has 0 aliphatic rings. The van der Waals surface area contributed by atoms with E-state index in [0.717, 1.165) is 13.0 Å². The molecule has 6 heteroatoms. The van der Waals surface area contributed by atoms with Gasteiger partial charge in [-0.3, -0.25) is 10.1 Å². The average molecular weight is 280 g/mol. The summed E-state index contributed by atoms with van der Waals surface area (Å²) in [4.78, 5) is 13.0. The fourth-order valence-corrected chi connectivity index (χ4v) is 1.89. The van der Waals surface area contributed by atoms with Gasteiger partial charge in [-0.05, 0) is 46.0 Å². The van der Waals surface area contributed by atoms with Gasteiger partial charge in [0.15, 0.2) is 0 Å². The summed E-state index contributed by atoms with van der Waals surface area (Å²) in [5.74, 6) is 0. The molecule has 0 spiro atoms. The molecule has 6 nitrogen and oxygen atoms in total. The molecule has 0 aromatic heterocycles. The lowest BCUT2D eigenvalue weighted by Gasteiger charge is -2.20. The first kappa shape index (κ1) is 16.2. The van der Waals surface area contributed by atoms with Crippen LogP contribution >= 0.6 is 0 Å². The Morgan fingerprint density at radius 2 is 2.00 bits per heavy atom. The van der Waals surface area contributed by atoms with Crippen molar-refractivity contribution < 1.29 is 4.92 Å².